The van der Waals surface area contributed by atoms with Gasteiger partial charge >= 0.3 is 12.2 Å². The number of allylic oxidation sites excluding steroid dienone is 1. The van der Waals surface area contributed by atoms with Crippen LogP contribution in [0.1, 0.15) is 59.2 Å². The van der Waals surface area contributed by atoms with Gasteiger partial charge in [-0.3, -0.25) is 4.79 Å². The molecule has 0 bridgehead atoms. The van der Waals surface area contributed by atoms with Crippen molar-refractivity contribution in [3.63, 3.8) is 0 Å². The Morgan fingerprint density at radius 2 is 2.00 bits per heavy atom. The SMILES string of the molecule is COC[C@H](c1cnn2cc(C(NC(=O)c3nonc3/C=C/F)=C3CCC(F)(F)CC3)nc2c1)N1CC(C(F)(F)F)=NC1=O. The predicted octanol–water partition coefficient (Wildman–Crippen LogP) is 4.53. The van der Waals surface area contributed by atoms with Crippen LogP contribution in [0.15, 0.2) is 40.0 Å². The average Bonchev–Trinajstić information content (AvgIpc) is 3.68. The zero-order valence-electron chi connectivity index (χ0n) is 22.2. The van der Waals surface area contributed by atoms with Crippen molar-refractivity contribution in [1.29, 1.82) is 0 Å². The molecule has 43 heavy (non-hydrogen) atoms. The van der Waals surface area contributed by atoms with Gasteiger partial charge in [0, 0.05) is 25.5 Å². The molecule has 5 rings (SSSR count). The monoisotopic (exact) mass is 612 g/mol. The van der Waals surface area contributed by atoms with Crippen LogP contribution in [0, 0.1) is 0 Å². The molecule has 4 heterocycles. The van der Waals surface area contributed by atoms with E-state index < -0.39 is 55.2 Å². The van der Waals surface area contributed by atoms with Crippen molar-refractivity contribution in [3.8, 4) is 0 Å². The summed E-state index contributed by atoms with van der Waals surface area (Å²) >= 11 is 0. The molecule has 228 valence electrons. The highest BCUT2D eigenvalue weighted by molar-refractivity contribution is 6.05. The maximum Gasteiger partial charge on any atom is 0.431 e. The number of imidazole rings is 1. The van der Waals surface area contributed by atoms with Crippen LogP contribution in [0.4, 0.5) is 31.1 Å². The summed E-state index contributed by atoms with van der Waals surface area (Å²) in [4.78, 5) is 33.9. The first-order valence-corrected chi connectivity index (χ1v) is 12.7. The van der Waals surface area contributed by atoms with Crippen molar-refractivity contribution in [2.24, 2.45) is 4.99 Å². The van der Waals surface area contributed by atoms with Gasteiger partial charge in [0.05, 0.1) is 43.6 Å². The van der Waals surface area contributed by atoms with Gasteiger partial charge in [-0.05, 0) is 40.9 Å². The molecular formula is C25H22F6N8O4. The van der Waals surface area contributed by atoms with Crippen LogP contribution in [0.3, 0.4) is 0 Å². The molecular weight excluding hydrogens is 590 g/mol. The first-order chi connectivity index (χ1) is 20.4. The van der Waals surface area contributed by atoms with Gasteiger partial charge in [-0.15, -0.1) is 0 Å². The van der Waals surface area contributed by atoms with E-state index >= 15 is 0 Å². The second-order valence-corrected chi connectivity index (χ2v) is 9.74. The molecule has 1 aliphatic heterocycles. The molecule has 18 heteroatoms. The molecule has 3 amide bonds. The molecule has 1 atom stereocenters. The van der Waals surface area contributed by atoms with Crippen LogP contribution >= 0.6 is 0 Å². The summed E-state index contributed by atoms with van der Waals surface area (Å²) in [5.41, 5.74) is -0.695. The number of fused-ring (bicyclic) bond motifs is 1. The van der Waals surface area contributed by atoms with Crippen LogP contribution < -0.4 is 5.32 Å². The number of amides is 3. The van der Waals surface area contributed by atoms with Gasteiger partial charge in [-0.2, -0.15) is 23.3 Å². The normalized spacial score (nSPS) is 18.0. The third-order valence-electron chi connectivity index (χ3n) is 6.93. The van der Waals surface area contributed by atoms with E-state index in [2.05, 4.69) is 35.3 Å². The van der Waals surface area contributed by atoms with Crippen LogP contribution in [-0.4, -0.2) is 79.8 Å². The fourth-order valence-corrected chi connectivity index (χ4v) is 4.75. The summed E-state index contributed by atoms with van der Waals surface area (Å²) in [7, 11) is 1.31. The largest absolute Gasteiger partial charge is 0.431 e. The molecule has 0 unspecified atom stereocenters. The number of aliphatic imine (C=N–C) groups is 1. The number of nitrogens with one attached hydrogen (secondary N) is 1. The van der Waals surface area contributed by atoms with Crippen molar-refractivity contribution in [2.75, 3.05) is 20.3 Å². The Bertz CT molecular complexity index is 1630. The van der Waals surface area contributed by atoms with Crippen LogP contribution in [0.5, 0.6) is 0 Å². The standard InChI is InChI=1S/C25H22F6N8O4/c1-42-12-17(38-11-18(25(29,30)31)34-23(38)41)14-8-19-33-16(10-39(19)32-9-14)20(13-2-5-24(27,28)6-3-13)35-22(40)21-15(4-7-26)36-43-37-21/h4,7-10,17H,2-3,5-6,11-12H2,1H3,(H,35,40)/b7-4+/t17-/m1/s1. The fraction of sp³-hybridized carbons (Fsp3) is 0.400. The molecule has 1 N–H and O–H groups in total. The summed E-state index contributed by atoms with van der Waals surface area (Å²) in [6.45, 7) is -0.969. The quantitative estimate of drug-likeness (QED) is 0.366. The third-order valence-corrected chi connectivity index (χ3v) is 6.93. The van der Waals surface area contributed by atoms with Crippen molar-refractivity contribution in [1.82, 2.24) is 35.1 Å². The molecule has 3 aromatic heterocycles. The smallest absolute Gasteiger partial charge is 0.382 e. The number of nitrogens with zero attached hydrogens (tertiary/aromatic N) is 7. The molecule has 1 saturated carbocycles. The topological polar surface area (TPSA) is 140 Å². The van der Waals surface area contributed by atoms with Crippen LogP contribution in [0.2, 0.25) is 0 Å². The van der Waals surface area contributed by atoms with E-state index in [0.717, 1.165) is 11.0 Å². The highest BCUT2D eigenvalue weighted by atomic mass is 19.4. The Morgan fingerprint density at radius 3 is 2.65 bits per heavy atom. The number of carbonyl (C=O) groups excluding carboxylic acids is 2. The molecule has 1 aliphatic carbocycles. The van der Waals surface area contributed by atoms with E-state index in [9.17, 15) is 35.9 Å². The molecule has 3 aromatic rings. The van der Waals surface area contributed by atoms with Crippen molar-refractivity contribution in [3.05, 3.63) is 53.0 Å². The number of halogens is 6. The fourth-order valence-electron chi connectivity index (χ4n) is 4.75. The molecule has 12 nitrogen and oxygen atoms in total. The number of hydrogen-bond donors (Lipinski definition) is 1. The number of ether oxygens (including phenoxy) is 1. The Labute approximate surface area is 238 Å². The lowest BCUT2D eigenvalue weighted by Gasteiger charge is -2.26. The zero-order valence-corrected chi connectivity index (χ0v) is 22.2. The van der Waals surface area contributed by atoms with Gasteiger partial charge in [-0.1, -0.05) is 0 Å². The lowest BCUT2D eigenvalue weighted by Crippen LogP contribution is -2.36. The molecule has 0 spiro atoms. The summed E-state index contributed by atoms with van der Waals surface area (Å²) in [6.07, 6.45) is -2.17. The second-order valence-electron chi connectivity index (χ2n) is 9.74. The highest BCUT2D eigenvalue weighted by Gasteiger charge is 2.44. The van der Waals surface area contributed by atoms with E-state index in [1.54, 1.807) is 0 Å². The van der Waals surface area contributed by atoms with Crippen LogP contribution in [0.25, 0.3) is 17.4 Å². The van der Waals surface area contributed by atoms with E-state index in [4.69, 9.17) is 4.74 Å². The number of urea groups is 1. The van der Waals surface area contributed by atoms with Gasteiger partial charge in [0.15, 0.2) is 11.3 Å². The molecule has 1 fully saturated rings. The Hall–Kier alpha value is -4.61. The minimum Gasteiger partial charge on any atom is -0.382 e. The minimum absolute atomic E-state index is 0.0714. The first kappa shape index (κ1) is 29.9. The minimum atomic E-state index is -4.79. The van der Waals surface area contributed by atoms with E-state index in [1.807, 2.05) is 0 Å². The Morgan fingerprint density at radius 1 is 1.26 bits per heavy atom. The molecule has 0 radical (unpaired) electrons. The van der Waals surface area contributed by atoms with Crippen LogP contribution in [-0.2, 0) is 4.74 Å². The van der Waals surface area contributed by atoms with E-state index in [1.165, 1.54) is 30.1 Å². The number of rotatable bonds is 8. The third kappa shape index (κ3) is 6.27. The van der Waals surface area contributed by atoms with Gasteiger partial charge in [-0.25, -0.2) is 32.1 Å². The predicted molar refractivity (Wildman–Crippen MR) is 135 cm³/mol. The van der Waals surface area contributed by atoms with Gasteiger partial charge in [0.1, 0.15) is 17.1 Å². The summed E-state index contributed by atoms with van der Waals surface area (Å²) in [5, 5.41) is 13.8. The van der Waals surface area contributed by atoms with Crippen molar-refractivity contribution < 1.29 is 45.3 Å². The molecule has 2 aliphatic rings. The van der Waals surface area contributed by atoms with Gasteiger partial charge < -0.3 is 15.0 Å². The second kappa shape index (κ2) is 11.6. The highest BCUT2D eigenvalue weighted by Crippen LogP contribution is 2.38. The maximum atomic E-state index is 13.9. The number of aromatic nitrogens is 5. The van der Waals surface area contributed by atoms with Crippen molar-refractivity contribution >= 4 is 35.1 Å². The van der Waals surface area contributed by atoms with Crippen molar-refractivity contribution in [2.45, 2.75) is 43.8 Å². The summed E-state index contributed by atoms with van der Waals surface area (Å²) < 4.78 is 91.2. The molecule has 0 saturated heterocycles. The number of alkyl halides is 5. The lowest BCUT2D eigenvalue weighted by molar-refractivity contribution is -0.0603. The Kier molecular flexibility index (Phi) is 8.04. The molecule has 0 aromatic carbocycles. The van der Waals surface area contributed by atoms with E-state index in [0.29, 0.717) is 5.57 Å². The number of methoxy groups -OCH3 is 1. The summed E-state index contributed by atoms with van der Waals surface area (Å²) in [6, 6.07) is -0.630. The maximum absolute atomic E-state index is 13.9. The van der Waals surface area contributed by atoms with Gasteiger partial charge in [0.2, 0.25) is 5.92 Å². The summed E-state index contributed by atoms with van der Waals surface area (Å²) in [5.74, 6) is -3.75. The zero-order chi connectivity index (χ0) is 30.9. The van der Waals surface area contributed by atoms with Gasteiger partial charge in [0.25, 0.3) is 5.91 Å². The first-order valence-electron chi connectivity index (χ1n) is 12.7. The number of hydrogen-bond acceptors (Lipinski definition) is 8. The lowest BCUT2D eigenvalue weighted by atomic mass is 9.90. The van der Waals surface area contributed by atoms with E-state index in [-0.39, 0.29) is 59.8 Å². The Balaban J connectivity index is 1.49. The number of carbonyl (C=O) groups is 2. The average molecular weight is 612 g/mol.